The first-order valence-corrected chi connectivity index (χ1v) is 9.64. The molecule has 1 aromatic rings. The number of amides is 1. The van der Waals surface area contributed by atoms with Crippen LogP contribution in [0.4, 0.5) is 0 Å². The summed E-state index contributed by atoms with van der Waals surface area (Å²) in [6.07, 6.45) is 6.94. The number of nitrogens with zero attached hydrogens (tertiary/aromatic N) is 1. The van der Waals surface area contributed by atoms with Crippen LogP contribution in [0, 0.1) is 0 Å². The lowest BCUT2D eigenvalue weighted by atomic mass is 10.0. The maximum absolute atomic E-state index is 12.8. The van der Waals surface area contributed by atoms with E-state index in [0.29, 0.717) is 23.8 Å². The standard InChI is InChI=1S/C20H25ClN2O4/c1-26-20(25)16-13-14-7-8-18(15(21)12-14)27-11-4-2-3-9-23-10-5-6-17(23)19(24)22-16/h2,4,7-8,12,16-17H,3,5-6,9-11,13H2,1H3,(H,22,24). The molecular formula is C20H25ClN2O4. The van der Waals surface area contributed by atoms with Crippen molar-refractivity contribution in [2.24, 2.45) is 0 Å². The Bertz CT molecular complexity index is 722. The molecule has 2 unspecified atom stereocenters. The molecule has 0 saturated carbocycles. The van der Waals surface area contributed by atoms with Gasteiger partial charge in [-0.2, -0.15) is 0 Å². The second kappa shape index (κ2) is 9.24. The molecule has 1 aromatic carbocycles. The zero-order chi connectivity index (χ0) is 19.2. The van der Waals surface area contributed by atoms with Crippen LogP contribution >= 0.6 is 11.6 Å². The zero-order valence-electron chi connectivity index (χ0n) is 15.4. The molecule has 1 fully saturated rings. The molecule has 1 saturated heterocycles. The largest absolute Gasteiger partial charge is 0.488 e. The second-order valence-corrected chi connectivity index (χ2v) is 7.23. The van der Waals surface area contributed by atoms with Crippen LogP contribution in [-0.4, -0.2) is 55.7 Å². The van der Waals surface area contributed by atoms with E-state index in [1.54, 1.807) is 12.1 Å². The van der Waals surface area contributed by atoms with Crippen molar-refractivity contribution in [2.45, 2.75) is 37.8 Å². The summed E-state index contributed by atoms with van der Waals surface area (Å²) in [4.78, 5) is 27.2. The molecule has 2 bridgehead atoms. The van der Waals surface area contributed by atoms with Gasteiger partial charge >= 0.3 is 5.97 Å². The summed E-state index contributed by atoms with van der Waals surface area (Å²) >= 11 is 6.30. The van der Waals surface area contributed by atoms with Crippen LogP contribution in [-0.2, 0) is 20.7 Å². The third kappa shape index (κ3) is 5.02. The van der Waals surface area contributed by atoms with Crippen molar-refractivity contribution in [3.05, 3.63) is 40.9 Å². The van der Waals surface area contributed by atoms with Gasteiger partial charge < -0.3 is 14.8 Å². The molecular weight excluding hydrogens is 368 g/mol. The number of rotatable bonds is 1. The van der Waals surface area contributed by atoms with Gasteiger partial charge in [-0.1, -0.05) is 29.8 Å². The fourth-order valence-electron chi connectivity index (χ4n) is 3.58. The van der Waals surface area contributed by atoms with Crippen molar-refractivity contribution in [2.75, 3.05) is 26.8 Å². The number of ether oxygens (including phenoxy) is 2. The Labute approximate surface area is 164 Å². The highest BCUT2D eigenvalue weighted by atomic mass is 35.5. The number of hydrogen-bond acceptors (Lipinski definition) is 5. The van der Waals surface area contributed by atoms with Crippen LogP contribution in [0.2, 0.25) is 5.02 Å². The number of esters is 1. The number of nitrogens with one attached hydrogen (secondary N) is 1. The Kier molecular flexibility index (Phi) is 6.74. The maximum Gasteiger partial charge on any atom is 0.328 e. The van der Waals surface area contributed by atoms with Gasteiger partial charge in [0.2, 0.25) is 5.91 Å². The van der Waals surface area contributed by atoms with E-state index in [-0.39, 0.29) is 11.9 Å². The Morgan fingerprint density at radius 1 is 1.33 bits per heavy atom. The highest BCUT2D eigenvalue weighted by Crippen LogP contribution is 2.26. The summed E-state index contributed by atoms with van der Waals surface area (Å²) in [6, 6.07) is 4.44. The van der Waals surface area contributed by atoms with Crippen molar-refractivity contribution in [3.8, 4) is 5.75 Å². The van der Waals surface area contributed by atoms with Gasteiger partial charge in [-0.15, -0.1) is 0 Å². The van der Waals surface area contributed by atoms with E-state index in [0.717, 1.165) is 37.9 Å². The molecule has 2 atom stereocenters. The van der Waals surface area contributed by atoms with E-state index in [1.807, 2.05) is 12.1 Å². The third-order valence-electron chi connectivity index (χ3n) is 4.99. The molecule has 7 heteroatoms. The van der Waals surface area contributed by atoms with E-state index < -0.39 is 12.0 Å². The van der Waals surface area contributed by atoms with Gasteiger partial charge in [0.05, 0.1) is 18.2 Å². The van der Waals surface area contributed by atoms with E-state index in [1.165, 1.54) is 7.11 Å². The molecule has 146 valence electrons. The number of methoxy groups -OCH3 is 1. The summed E-state index contributed by atoms with van der Waals surface area (Å²) in [5.74, 6) is 0.00819. The average Bonchev–Trinajstić information content (AvgIpc) is 3.12. The van der Waals surface area contributed by atoms with Crippen molar-refractivity contribution in [3.63, 3.8) is 0 Å². The van der Waals surface area contributed by atoms with E-state index in [2.05, 4.69) is 16.3 Å². The highest BCUT2D eigenvalue weighted by Gasteiger charge is 2.33. The van der Waals surface area contributed by atoms with Crippen molar-refractivity contribution < 1.29 is 19.1 Å². The minimum absolute atomic E-state index is 0.120. The molecule has 3 aliphatic heterocycles. The molecule has 0 radical (unpaired) electrons. The minimum Gasteiger partial charge on any atom is -0.488 e. The van der Waals surface area contributed by atoms with Gasteiger partial charge in [-0.05, 0) is 43.5 Å². The van der Waals surface area contributed by atoms with E-state index in [9.17, 15) is 9.59 Å². The van der Waals surface area contributed by atoms with Gasteiger partial charge in [0.25, 0.3) is 0 Å². The number of halogens is 1. The highest BCUT2D eigenvalue weighted by molar-refractivity contribution is 6.32. The van der Waals surface area contributed by atoms with Crippen LogP contribution < -0.4 is 10.1 Å². The van der Waals surface area contributed by atoms with Crippen molar-refractivity contribution in [1.29, 1.82) is 0 Å². The number of hydrogen-bond donors (Lipinski definition) is 1. The Hall–Kier alpha value is -2.05. The first kappa shape index (κ1) is 19.7. The summed E-state index contributed by atoms with van der Waals surface area (Å²) in [5, 5.41) is 3.36. The molecule has 0 spiro atoms. The summed E-state index contributed by atoms with van der Waals surface area (Å²) < 4.78 is 10.6. The smallest absolute Gasteiger partial charge is 0.328 e. The molecule has 0 aliphatic carbocycles. The second-order valence-electron chi connectivity index (χ2n) is 6.82. The van der Waals surface area contributed by atoms with Crippen molar-refractivity contribution in [1.82, 2.24) is 10.2 Å². The Balaban J connectivity index is 1.85. The maximum atomic E-state index is 12.8. The monoisotopic (exact) mass is 392 g/mol. The fraction of sp³-hybridized carbons (Fsp3) is 0.500. The molecule has 3 aliphatic rings. The minimum atomic E-state index is -0.749. The fourth-order valence-corrected chi connectivity index (χ4v) is 3.84. The zero-order valence-corrected chi connectivity index (χ0v) is 16.2. The van der Waals surface area contributed by atoms with E-state index in [4.69, 9.17) is 21.1 Å². The van der Waals surface area contributed by atoms with Gasteiger partial charge in [-0.3, -0.25) is 9.69 Å². The Morgan fingerprint density at radius 2 is 2.19 bits per heavy atom. The summed E-state index contributed by atoms with van der Waals surface area (Å²) in [7, 11) is 1.33. The van der Waals surface area contributed by atoms with Gasteiger partial charge in [0, 0.05) is 13.0 Å². The molecule has 27 heavy (non-hydrogen) atoms. The number of carbonyl (C=O) groups excluding carboxylic acids is 2. The number of carbonyl (C=O) groups is 2. The molecule has 1 N–H and O–H groups in total. The normalized spacial score (nSPS) is 24.1. The lowest BCUT2D eigenvalue weighted by molar-refractivity contribution is -0.145. The van der Waals surface area contributed by atoms with Crippen LogP contribution in [0.3, 0.4) is 0 Å². The van der Waals surface area contributed by atoms with Crippen LogP contribution in [0.1, 0.15) is 24.8 Å². The molecule has 0 aromatic heterocycles. The average molecular weight is 393 g/mol. The summed E-state index contributed by atoms with van der Waals surface area (Å²) in [5.41, 5.74) is 0.828. The van der Waals surface area contributed by atoms with Crippen molar-refractivity contribution >= 4 is 23.5 Å². The first-order valence-electron chi connectivity index (χ1n) is 9.27. The van der Waals surface area contributed by atoms with Crippen LogP contribution in [0.5, 0.6) is 5.75 Å². The van der Waals surface area contributed by atoms with Gasteiger partial charge in [0.15, 0.2) is 0 Å². The lowest BCUT2D eigenvalue weighted by Crippen LogP contribution is -2.50. The predicted octanol–water partition coefficient (Wildman–Crippen LogP) is 2.34. The number of benzene rings is 1. The van der Waals surface area contributed by atoms with Gasteiger partial charge in [-0.25, -0.2) is 4.79 Å². The molecule has 6 nitrogen and oxygen atoms in total. The molecule has 3 heterocycles. The predicted molar refractivity (Wildman–Crippen MR) is 103 cm³/mol. The topological polar surface area (TPSA) is 67.9 Å². The summed E-state index contributed by atoms with van der Waals surface area (Å²) in [6.45, 7) is 2.13. The first-order chi connectivity index (χ1) is 13.1. The lowest BCUT2D eigenvalue weighted by Gasteiger charge is -2.25. The van der Waals surface area contributed by atoms with Crippen LogP contribution in [0.15, 0.2) is 30.4 Å². The quantitative estimate of drug-likeness (QED) is 0.587. The SMILES string of the molecule is COC(=O)C1Cc2ccc(c(Cl)c2)OCC=CCCN2CCCC2C(=O)N1. The molecule has 4 rings (SSSR count). The van der Waals surface area contributed by atoms with E-state index >= 15 is 0 Å². The van der Waals surface area contributed by atoms with Gasteiger partial charge in [0.1, 0.15) is 18.4 Å². The van der Waals surface area contributed by atoms with Crippen LogP contribution in [0.25, 0.3) is 0 Å². The third-order valence-corrected chi connectivity index (χ3v) is 5.28. The Morgan fingerprint density at radius 3 is 2.96 bits per heavy atom. The number of fused-ring (bicyclic) bond motifs is 9. The molecule has 1 amide bonds.